The van der Waals surface area contributed by atoms with Gasteiger partial charge in [-0.05, 0) is 42.0 Å². The van der Waals surface area contributed by atoms with Crippen LogP contribution in [0.5, 0.6) is 0 Å². The predicted molar refractivity (Wildman–Crippen MR) is 89.8 cm³/mol. The van der Waals surface area contributed by atoms with Crippen LogP contribution in [0.4, 0.5) is 4.39 Å². The minimum Gasteiger partial charge on any atom is -0.309 e. The lowest BCUT2D eigenvalue weighted by molar-refractivity contribution is 0.477. The molecule has 0 spiro atoms. The van der Waals surface area contributed by atoms with E-state index in [0.717, 1.165) is 47.7 Å². The maximum Gasteiger partial charge on any atom is 0.123 e. The van der Waals surface area contributed by atoms with Gasteiger partial charge in [-0.2, -0.15) is 5.10 Å². The summed E-state index contributed by atoms with van der Waals surface area (Å²) in [6.07, 6.45) is 3.56. The molecular weight excluding hydrogens is 315 g/mol. The molecule has 4 nitrogen and oxygen atoms in total. The van der Waals surface area contributed by atoms with Gasteiger partial charge in [0.25, 0.3) is 0 Å². The van der Waals surface area contributed by atoms with Gasteiger partial charge in [0.1, 0.15) is 11.5 Å². The molecule has 3 heterocycles. The number of pyridine rings is 1. The van der Waals surface area contributed by atoms with Crippen LogP contribution < -0.4 is 5.32 Å². The Labute approximate surface area is 139 Å². The van der Waals surface area contributed by atoms with E-state index in [1.54, 1.807) is 24.5 Å². The molecule has 118 valence electrons. The summed E-state index contributed by atoms with van der Waals surface area (Å²) in [5, 5.41) is 8.15. The number of rotatable bonds is 2. The molecule has 0 radical (unpaired) electrons. The molecule has 23 heavy (non-hydrogen) atoms. The van der Waals surface area contributed by atoms with Crippen LogP contribution in [0.25, 0.3) is 22.4 Å². The number of nitrogens with one attached hydrogen (secondary N) is 1. The van der Waals surface area contributed by atoms with Gasteiger partial charge in [-0.15, -0.1) is 12.4 Å². The quantitative estimate of drug-likeness (QED) is 0.784. The lowest BCUT2D eigenvalue weighted by atomic mass is 9.99. The SMILES string of the molecule is Cl.Fc1ccc(-c2nn3c(c2-c2ccncc2)CNCC3)cc1. The third kappa shape index (κ3) is 2.85. The van der Waals surface area contributed by atoms with Crippen molar-refractivity contribution < 1.29 is 4.39 Å². The Morgan fingerprint density at radius 1 is 1.00 bits per heavy atom. The molecule has 4 rings (SSSR count). The number of hydrogen-bond donors (Lipinski definition) is 1. The van der Waals surface area contributed by atoms with E-state index in [2.05, 4.69) is 10.3 Å². The Morgan fingerprint density at radius 2 is 1.74 bits per heavy atom. The van der Waals surface area contributed by atoms with Crippen LogP contribution in [0, 0.1) is 5.82 Å². The monoisotopic (exact) mass is 330 g/mol. The molecule has 1 aliphatic heterocycles. The maximum atomic E-state index is 13.2. The minimum absolute atomic E-state index is 0. The number of halogens is 2. The van der Waals surface area contributed by atoms with E-state index in [1.807, 2.05) is 16.8 Å². The van der Waals surface area contributed by atoms with E-state index in [9.17, 15) is 4.39 Å². The van der Waals surface area contributed by atoms with Crippen LogP contribution in [-0.2, 0) is 13.1 Å². The lowest BCUT2D eigenvalue weighted by Crippen LogP contribution is -2.28. The van der Waals surface area contributed by atoms with Crippen molar-refractivity contribution in [3.63, 3.8) is 0 Å². The Hall–Kier alpha value is -2.24. The van der Waals surface area contributed by atoms with Crippen molar-refractivity contribution in [1.29, 1.82) is 0 Å². The lowest BCUT2D eigenvalue weighted by Gasteiger charge is -2.16. The molecule has 0 aliphatic carbocycles. The molecule has 0 amide bonds. The highest BCUT2D eigenvalue weighted by atomic mass is 35.5. The summed E-state index contributed by atoms with van der Waals surface area (Å²) in [4.78, 5) is 4.09. The molecule has 1 aromatic carbocycles. The van der Waals surface area contributed by atoms with Crippen molar-refractivity contribution in [2.45, 2.75) is 13.1 Å². The zero-order valence-corrected chi connectivity index (χ0v) is 13.2. The first-order valence-electron chi connectivity index (χ1n) is 7.29. The van der Waals surface area contributed by atoms with Crippen molar-refractivity contribution >= 4 is 12.4 Å². The van der Waals surface area contributed by atoms with Crippen LogP contribution >= 0.6 is 12.4 Å². The second-order valence-electron chi connectivity index (χ2n) is 5.31. The van der Waals surface area contributed by atoms with E-state index in [0.29, 0.717) is 0 Å². The van der Waals surface area contributed by atoms with E-state index < -0.39 is 0 Å². The summed E-state index contributed by atoms with van der Waals surface area (Å²) in [6.45, 7) is 2.54. The highest BCUT2D eigenvalue weighted by Crippen LogP contribution is 2.35. The Bertz CT molecular complexity index is 799. The molecule has 0 bridgehead atoms. The van der Waals surface area contributed by atoms with Crippen molar-refractivity contribution in [1.82, 2.24) is 20.1 Å². The summed E-state index contributed by atoms with van der Waals surface area (Å²) < 4.78 is 15.3. The molecule has 6 heteroatoms. The van der Waals surface area contributed by atoms with Crippen LogP contribution in [0.2, 0.25) is 0 Å². The smallest absolute Gasteiger partial charge is 0.123 e. The van der Waals surface area contributed by atoms with E-state index in [-0.39, 0.29) is 18.2 Å². The molecule has 0 fully saturated rings. The molecule has 0 saturated carbocycles. The molecule has 3 aromatic rings. The number of benzene rings is 1. The van der Waals surface area contributed by atoms with Gasteiger partial charge in [-0.25, -0.2) is 4.39 Å². The second kappa shape index (κ2) is 6.48. The maximum absolute atomic E-state index is 13.2. The Kier molecular flexibility index (Phi) is 4.41. The Morgan fingerprint density at radius 3 is 2.48 bits per heavy atom. The number of hydrogen-bond acceptors (Lipinski definition) is 3. The standard InChI is InChI=1S/C17H15FN4.ClH/c18-14-3-1-13(2-4-14)17-16(12-5-7-19-8-6-12)15-11-20-9-10-22(15)21-17;/h1-8,20H,9-11H2;1H. The second-order valence-corrected chi connectivity index (χ2v) is 5.31. The first-order valence-corrected chi connectivity index (χ1v) is 7.29. The predicted octanol–water partition coefficient (Wildman–Crippen LogP) is 3.28. The van der Waals surface area contributed by atoms with Crippen LogP contribution in [0.15, 0.2) is 48.8 Å². The molecular formula is C17H16ClFN4. The summed E-state index contributed by atoms with van der Waals surface area (Å²) in [5.41, 5.74) is 5.16. The first-order chi connectivity index (χ1) is 10.8. The third-order valence-electron chi connectivity index (χ3n) is 3.94. The van der Waals surface area contributed by atoms with Gasteiger partial charge in [-0.1, -0.05) is 0 Å². The summed E-state index contributed by atoms with van der Waals surface area (Å²) in [5.74, 6) is -0.236. The summed E-state index contributed by atoms with van der Waals surface area (Å²) in [6, 6.07) is 10.5. The van der Waals surface area contributed by atoms with Crippen molar-refractivity contribution in [2.24, 2.45) is 0 Å². The van der Waals surface area contributed by atoms with Crippen molar-refractivity contribution in [3.05, 3.63) is 60.3 Å². The average molecular weight is 331 g/mol. The fourth-order valence-corrected chi connectivity index (χ4v) is 2.88. The van der Waals surface area contributed by atoms with Crippen LogP contribution in [0.1, 0.15) is 5.69 Å². The van der Waals surface area contributed by atoms with E-state index >= 15 is 0 Å². The third-order valence-corrected chi connectivity index (χ3v) is 3.94. The van der Waals surface area contributed by atoms with Gasteiger partial charge >= 0.3 is 0 Å². The topological polar surface area (TPSA) is 42.7 Å². The van der Waals surface area contributed by atoms with Gasteiger partial charge in [-0.3, -0.25) is 9.67 Å². The number of aromatic nitrogens is 3. The van der Waals surface area contributed by atoms with E-state index in [4.69, 9.17) is 5.10 Å². The van der Waals surface area contributed by atoms with Gasteiger partial charge in [0.2, 0.25) is 0 Å². The fourth-order valence-electron chi connectivity index (χ4n) is 2.88. The van der Waals surface area contributed by atoms with E-state index in [1.165, 1.54) is 12.1 Å². The van der Waals surface area contributed by atoms with Gasteiger partial charge < -0.3 is 5.32 Å². The number of fused-ring (bicyclic) bond motifs is 1. The average Bonchev–Trinajstić information content (AvgIpc) is 2.96. The van der Waals surface area contributed by atoms with Crippen molar-refractivity contribution in [3.8, 4) is 22.4 Å². The molecule has 2 aromatic heterocycles. The highest BCUT2D eigenvalue weighted by molar-refractivity contribution is 5.85. The largest absolute Gasteiger partial charge is 0.309 e. The van der Waals surface area contributed by atoms with Gasteiger partial charge in [0.05, 0.1) is 12.2 Å². The van der Waals surface area contributed by atoms with Gasteiger partial charge in [0, 0.05) is 36.6 Å². The molecule has 0 atom stereocenters. The highest BCUT2D eigenvalue weighted by Gasteiger charge is 2.22. The minimum atomic E-state index is -0.236. The summed E-state index contributed by atoms with van der Waals surface area (Å²) >= 11 is 0. The first kappa shape index (κ1) is 15.6. The number of nitrogens with zero attached hydrogens (tertiary/aromatic N) is 3. The Balaban J connectivity index is 0.00000156. The van der Waals surface area contributed by atoms with Crippen molar-refractivity contribution in [2.75, 3.05) is 6.54 Å². The molecule has 0 saturated heterocycles. The molecule has 1 N–H and O–H groups in total. The molecule has 1 aliphatic rings. The summed E-state index contributed by atoms with van der Waals surface area (Å²) in [7, 11) is 0. The zero-order valence-electron chi connectivity index (χ0n) is 12.4. The van der Waals surface area contributed by atoms with Crippen LogP contribution in [-0.4, -0.2) is 21.3 Å². The fraction of sp³-hybridized carbons (Fsp3) is 0.176. The zero-order chi connectivity index (χ0) is 14.9. The van der Waals surface area contributed by atoms with Crippen LogP contribution in [0.3, 0.4) is 0 Å². The normalized spacial score (nSPS) is 13.3. The molecule has 0 unspecified atom stereocenters. The van der Waals surface area contributed by atoms with Gasteiger partial charge in [0.15, 0.2) is 0 Å².